The molecular formula is C13H19N3O3. The number of benzene rings is 1. The molecular weight excluding hydrogens is 246 g/mol. The van der Waals surface area contributed by atoms with Crippen LogP contribution >= 0.6 is 0 Å². The minimum Gasteiger partial charge on any atom is -0.397 e. The first-order valence-corrected chi connectivity index (χ1v) is 6.52. The Morgan fingerprint density at radius 2 is 2.37 bits per heavy atom. The smallest absolute Gasteiger partial charge is 0.271 e. The van der Waals surface area contributed by atoms with Gasteiger partial charge in [0.25, 0.3) is 5.69 Å². The fraction of sp³-hybridized carbons (Fsp3) is 0.538. The molecule has 1 aliphatic rings. The van der Waals surface area contributed by atoms with Gasteiger partial charge in [-0.05, 0) is 25.8 Å². The SMILES string of the molecule is CCOC1CCCN(c2ccc([N+](=O)[O-])cc2N)C1. The maximum atomic E-state index is 10.7. The van der Waals surface area contributed by atoms with Gasteiger partial charge < -0.3 is 15.4 Å². The molecule has 0 spiro atoms. The van der Waals surface area contributed by atoms with Gasteiger partial charge in [0, 0.05) is 31.8 Å². The van der Waals surface area contributed by atoms with E-state index in [4.69, 9.17) is 10.5 Å². The molecule has 0 saturated carbocycles. The number of nitrogen functional groups attached to an aromatic ring is 1. The fourth-order valence-electron chi connectivity index (χ4n) is 2.47. The summed E-state index contributed by atoms with van der Waals surface area (Å²) in [5, 5.41) is 10.7. The first-order chi connectivity index (χ1) is 9.11. The van der Waals surface area contributed by atoms with Gasteiger partial charge in [-0.25, -0.2) is 0 Å². The number of anilines is 2. The Kier molecular flexibility index (Phi) is 4.21. The van der Waals surface area contributed by atoms with Crippen molar-refractivity contribution in [3.8, 4) is 0 Å². The molecule has 0 aromatic heterocycles. The molecule has 6 heteroatoms. The van der Waals surface area contributed by atoms with Crippen LogP contribution in [0.5, 0.6) is 0 Å². The Bertz CT molecular complexity index is 462. The second-order valence-electron chi connectivity index (χ2n) is 4.67. The third-order valence-corrected chi connectivity index (χ3v) is 3.34. The summed E-state index contributed by atoms with van der Waals surface area (Å²) in [5.74, 6) is 0. The van der Waals surface area contributed by atoms with E-state index in [-0.39, 0.29) is 11.8 Å². The summed E-state index contributed by atoms with van der Waals surface area (Å²) in [4.78, 5) is 12.4. The molecule has 6 nitrogen and oxygen atoms in total. The van der Waals surface area contributed by atoms with Crippen LogP contribution in [0.4, 0.5) is 17.1 Å². The summed E-state index contributed by atoms with van der Waals surface area (Å²) < 4.78 is 5.65. The molecule has 0 radical (unpaired) electrons. The lowest BCUT2D eigenvalue weighted by Crippen LogP contribution is -2.40. The molecule has 2 rings (SSSR count). The van der Waals surface area contributed by atoms with Crippen molar-refractivity contribution in [3.05, 3.63) is 28.3 Å². The van der Waals surface area contributed by atoms with Crippen molar-refractivity contribution in [1.82, 2.24) is 0 Å². The molecule has 1 heterocycles. The number of rotatable bonds is 4. The molecule has 1 saturated heterocycles. The first-order valence-electron chi connectivity index (χ1n) is 6.52. The number of hydrogen-bond acceptors (Lipinski definition) is 5. The van der Waals surface area contributed by atoms with Crippen LogP contribution in [0.2, 0.25) is 0 Å². The third-order valence-electron chi connectivity index (χ3n) is 3.34. The number of non-ortho nitro benzene ring substituents is 1. The lowest BCUT2D eigenvalue weighted by atomic mass is 10.1. The molecule has 1 aliphatic heterocycles. The van der Waals surface area contributed by atoms with E-state index in [2.05, 4.69) is 4.90 Å². The van der Waals surface area contributed by atoms with Crippen LogP contribution in [0.15, 0.2) is 18.2 Å². The van der Waals surface area contributed by atoms with E-state index in [1.165, 1.54) is 12.1 Å². The van der Waals surface area contributed by atoms with Crippen LogP contribution in [-0.4, -0.2) is 30.7 Å². The molecule has 1 atom stereocenters. The molecule has 1 aromatic carbocycles. The highest BCUT2D eigenvalue weighted by Crippen LogP contribution is 2.30. The number of nitro groups is 1. The molecule has 104 valence electrons. The van der Waals surface area contributed by atoms with Gasteiger partial charge in [0.15, 0.2) is 0 Å². The minimum absolute atomic E-state index is 0.0274. The lowest BCUT2D eigenvalue weighted by molar-refractivity contribution is -0.384. The second kappa shape index (κ2) is 5.88. The summed E-state index contributed by atoms with van der Waals surface area (Å²) in [6.07, 6.45) is 2.31. The van der Waals surface area contributed by atoms with Crippen LogP contribution in [0, 0.1) is 10.1 Å². The van der Waals surface area contributed by atoms with Gasteiger partial charge in [-0.15, -0.1) is 0 Å². The Labute approximate surface area is 112 Å². The summed E-state index contributed by atoms with van der Waals surface area (Å²) in [6, 6.07) is 4.64. The molecule has 1 unspecified atom stereocenters. The number of hydrogen-bond donors (Lipinski definition) is 1. The van der Waals surface area contributed by atoms with E-state index in [0.29, 0.717) is 12.3 Å². The Morgan fingerprint density at radius 1 is 1.58 bits per heavy atom. The highest BCUT2D eigenvalue weighted by Gasteiger charge is 2.22. The standard InChI is InChI=1S/C13H19N3O3/c1-2-19-11-4-3-7-15(9-11)13-6-5-10(16(17)18)8-12(13)14/h5-6,8,11H,2-4,7,9,14H2,1H3. The van der Waals surface area contributed by atoms with Gasteiger partial charge in [0.05, 0.1) is 22.4 Å². The monoisotopic (exact) mass is 265 g/mol. The van der Waals surface area contributed by atoms with Crippen molar-refractivity contribution in [3.63, 3.8) is 0 Å². The number of nitrogens with zero attached hydrogens (tertiary/aromatic N) is 2. The summed E-state index contributed by atoms with van der Waals surface area (Å²) in [6.45, 7) is 4.38. The van der Waals surface area contributed by atoms with Crippen molar-refractivity contribution in [1.29, 1.82) is 0 Å². The van der Waals surface area contributed by atoms with Crippen LogP contribution in [0.25, 0.3) is 0 Å². The van der Waals surface area contributed by atoms with Gasteiger partial charge in [-0.2, -0.15) is 0 Å². The fourth-order valence-corrected chi connectivity index (χ4v) is 2.47. The topological polar surface area (TPSA) is 81.6 Å². The normalized spacial score (nSPS) is 19.4. The second-order valence-corrected chi connectivity index (χ2v) is 4.67. The Hall–Kier alpha value is -1.82. The first kappa shape index (κ1) is 13.6. The third kappa shape index (κ3) is 3.14. The van der Waals surface area contributed by atoms with Crippen molar-refractivity contribution < 1.29 is 9.66 Å². The number of nitro benzene ring substituents is 1. The zero-order valence-corrected chi connectivity index (χ0v) is 11.0. The van der Waals surface area contributed by atoms with Gasteiger partial charge in [0.1, 0.15) is 0 Å². The Morgan fingerprint density at radius 3 is 3.00 bits per heavy atom. The van der Waals surface area contributed by atoms with Crippen LogP contribution in [0.3, 0.4) is 0 Å². The quantitative estimate of drug-likeness (QED) is 0.512. The van der Waals surface area contributed by atoms with Gasteiger partial charge in [-0.1, -0.05) is 0 Å². The molecule has 2 N–H and O–H groups in total. The predicted molar refractivity (Wildman–Crippen MR) is 74.4 cm³/mol. The summed E-state index contributed by atoms with van der Waals surface area (Å²) in [7, 11) is 0. The summed E-state index contributed by atoms with van der Waals surface area (Å²) >= 11 is 0. The molecule has 1 fully saturated rings. The van der Waals surface area contributed by atoms with Crippen molar-refractivity contribution in [2.45, 2.75) is 25.9 Å². The average molecular weight is 265 g/mol. The molecule has 19 heavy (non-hydrogen) atoms. The van der Waals surface area contributed by atoms with E-state index >= 15 is 0 Å². The number of piperidine rings is 1. The van der Waals surface area contributed by atoms with Crippen LogP contribution in [0.1, 0.15) is 19.8 Å². The van der Waals surface area contributed by atoms with Crippen molar-refractivity contribution >= 4 is 17.1 Å². The van der Waals surface area contributed by atoms with E-state index in [1.54, 1.807) is 6.07 Å². The van der Waals surface area contributed by atoms with E-state index in [9.17, 15) is 10.1 Å². The maximum absolute atomic E-state index is 10.7. The number of ether oxygens (including phenoxy) is 1. The summed E-state index contributed by atoms with van der Waals surface area (Å²) in [5.41, 5.74) is 7.26. The zero-order valence-electron chi connectivity index (χ0n) is 11.0. The lowest BCUT2D eigenvalue weighted by Gasteiger charge is -2.34. The van der Waals surface area contributed by atoms with Gasteiger partial charge >= 0.3 is 0 Å². The Balaban J connectivity index is 2.15. The van der Waals surface area contributed by atoms with Crippen molar-refractivity contribution in [2.75, 3.05) is 30.3 Å². The van der Waals surface area contributed by atoms with Gasteiger partial charge in [-0.3, -0.25) is 10.1 Å². The number of nitrogens with two attached hydrogens (primary N) is 1. The van der Waals surface area contributed by atoms with Gasteiger partial charge in [0.2, 0.25) is 0 Å². The van der Waals surface area contributed by atoms with Crippen LogP contribution < -0.4 is 10.6 Å². The maximum Gasteiger partial charge on any atom is 0.271 e. The molecule has 0 bridgehead atoms. The largest absolute Gasteiger partial charge is 0.397 e. The van der Waals surface area contributed by atoms with Crippen molar-refractivity contribution in [2.24, 2.45) is 0 Å². The zero-order chi connectivity index (χ0) is 13.8. The molecule has 0 amide bonds. The molecule has 0 aliphatic carbocycles. The van der Waals surface area contributed by atoms with E-state index < -0.39 is 4.92 Å². The van der Waals surface area contributed by atoms with E-state index in [0.717, 1.165) is 31.6 Å². The highest BCUT2D eigenvalue weighted by molar-refractivity contribution is 5.70. The molecule has 1 aromatic rings. The van der Waals surface area contributed by atoms with Crippen LogP contribution in [-0.2, 0) is 4.74 Å². The van der Waals surface area contributed by atoms with E-state index in [1.807, 2.05) is 6.92 Å². The minimum atomic E-state index is -0.431. The highest BCUT2D eigenvalue weighted by atomic mass is 16.6. The predicted octanol–water partition coefficient (Wildman–Crippen LogP) is 2.18. The average Bonchev–Trinajstić information content (AvgIpc) is 2.39.